The van der Waals surface area contributed by atoms with E-state index in [-0.39, 0.29) is 0 Å². The average Bonchev–Trinajstić information content (AvgIpc) is 3.81. The molecule has 2 aromatic heterocycles. The first-order chi connectivity index (χ1) is 24.8. The van der Waals surface area contributed by atoms with Crippen LogP contribution in [0, 0.1) is 0 Å². The molecular weight excluding hydrogens is 627 g/mol. The number of aromatic nitrogens is 1. The van der Waals surface area contributed by atoms with Crippen LogP contribution in [0.1, 0.15) is 22.3 Å². The van der Waals surface area contributed by atoms with Gasteiger partial charge in [0.1, 0.15) is 11.2 Å². The van der Waals surface area contributed by atoms with E-state index in [1.165, 1.54) is 75.7 Å². The second kappa shape index (κ2) is 9.56. The Labute approximate surface area is 292 Å². The van der Waals surface area contributed by atoms with Crippen molar-refractivity contribution in [2.75, 3.05) is 0 Å². The van der Waals surface area contributed by atoms with Crippen molar-refractivity contribution in [3.8, 4) is 16.8 Å². The molecule has 232 valence electrons. The minimum Gasteiger partial charge on any atom is -0.456 e. The van der Waals surface area contributed by atoms with Gasteiger partial charge in [0.2, 0.25) is 0 Å². The Morgan fingerprint density at radius 3 is 1.96 bits per heavy atom. The van der Waals surface area contributed by atoms with E-state index in [9.17, 15) is 0 Å². The van der Waals surface area contributed by atoms with E-state index in [1.807, 2.05) is 17.8 Å². The number of rotatable bonds is 1. The van der Waals surface area contributed by atoms with Gasteiger partial charge in [-0.3, -0.25) is 0 Å². The number of hydrogen-bond acceptors (Lipinski definition) is 2. The zero-order valence-corrected chi connectivity index (χ0v) is 27.7. The third-order valence-electron chi connectivity index (χ3n) is 11.2. The summed E-state index contributed by atoms with van der Waals surface area (Å²) in [6.45, 7) is 0. The lowest BCUT2D eigenvalue weighted by molar-refractivity contribution is 0.669. The van der Waals surface area contributed by atoms with Crippen LogP contribution in [0.4, 0.5) is 0 Å². The number of benzene rings is 8. The van der Waals surface area contributed by atoms with Crippen molar-refractivity contribution >= 4 is 66.3 Å². The van der Waals surface area contributed by atoms with E-state index >= 15 is 0 Å². The van der Waals surface area contributed by atoms with Gasteiger partial charge >= 0.3 is 0 Å². The molecule has 1 aliphatic heterocycles. The number of para-hydroxylation sites is 1. The highest BCUT2D eigenvalue weighted by Gasteiger charge is 2.50. The first-order valence-electron chi connectivity index (χ1n) is 17.2. The molecule has 1 aliphatic carbocycles. The van der Waals surface area contributed by atoms with Crippen LogP contribution in [0.5, 0.6) is 0 Å². The molecule has 8 aromatic carbocycles. The lowest BCUT2D eigenvalue weighted by atomic mass is 9.67. The molecular formula is C47H27NOS. The summed E-state index contributed by atoms with van der Waals surface area (Å²) < 4.78 is 8.77. The molecule has 0 amide bonds. The van der Waals surface area contributed by atoms with Gasteiger partial charge in [0.05, 0.1) is 16.4 Å². The molecule has 2 aliphatic rings. The molecule has 10 aromatic rings. The van der Waals surface area contributed by atoms with Crippen LogP contribution in [0.25, 0.3) is 71.3 Å². The summed E-state index contributed by atoms with van der Waals surface area (Å²) in [5.41, 5.74) is 13.0. The smallest absolute Gasteiger partial charge is 0.135 e. The molecule has 3 heterocycles. The third kappa shape index (κ3) is 3.26. The zero-order chi connectivity index (χ0) is 32.6. The highest BCUT2D eigenvalue weighted by molar-refractivity contribution is 7.99. The summed E-state index contributed by atoms with van der Waals surface area (Å²) in [7, 11) is 0. The lowest BCUT2D eigenvalue weighted by Gasteiger charge is -2.39. The molecule has 50 heavy (non-hydrogen) atoms. The van der Waals surface area contributed by atoms with E-state index in [0.29, 0.717) is 0 Å². The SMILES string of the molecule is c1ccc2c(c1)Sc1cc3c4c5ccccc5ccc4n(-c4ccc5oc6ccccc6c5c4)c3cc1C21c2ccccc2-c2ccccc21. The summed E-state index contributed by atoms with van der Waals surface area (Å²) in [4.78, 5) is 2.63. The Morgan fingerprint density at radius 1 is 0.440 bits per heavy atom. The summed E-state index contributed by atoms with van der Waals surface area (Å²) in [6.07, 6.45) is 0. The molecule has 0 saturated heterocycles. The number of hydrogen-bond donors (Lipinski definition) is 0. The zero-order valence-electron chi connectivity index (χ0n) is 26.9. The molecule has 12 rings (SSSR count). The van der Waals surface area contributed by atoms with Crippen LogP contribution >= 0.6 is 11.8 Å². The molecule has 0 fully saturated rings. The van der Waals surface area contributed by atoms with E-state index in [2.05, 4.69) is 162 Å². The van der Waals surface area contributed by atoms with Gasteiger partial charge in [0.25, 0.3) is 0 Å². The monoisotopic (exact) mass is 653 g/mol. The Bertz CT molecular complexity index is 3040. The summed E-state index contributed by atoms with van der Waals surface area (Å²) in [6, 6.07) is 60.6. The predicted molar refractivity (Wildman–Crippen MR) is 207 cm³/mol. The molecule has 0 saturated carbocycles. The van der Waals surface area contributed by atoms with Gasteiger partial charge in [-0.2, -0.15) is 0 Å². The fraction of sp³-hybridized carbons (Fsp3) is 0.0213. The van der Waals surface area contributed by atoms with Gasteiger partial charge in [-0.05, 0) is 92.7 Å². The molecule has 0 radical (unpaired) electrons. The minimum absolute atomic E-state index is 0.438. The Morgan fingerprint density at radius 2 is 1.12 bits per heavy atom. The summed E-state index contributed by atoms with van der Waals surface area (Å²) in [5.74, 6) is 0. The number of fused-ring (bicyclic) bond motifs is 17. The molecule has 0 unspecified atom stereocenters. The Balaban J connectivity index is 1.26. The van der Waals surface area contributed by atoms with Crippen molar-refractivity contribution < 1.29 is 4.42 Å². The van der Waals surface area contributed by atoms with Crippen molar-refractivity contribution in [2.45, 2.75) is 15.2 Å². The molecule has 0 bridgehead atoms. The number of nitrogens with zero attached hydrogens (tertiary/aromatic N) is 1. The fourth-order valence-corrected chi connectivity index (χ4v) is 10.5. The maximum absolute atomic E-state index is 6.28. The molecule has 0 N–H and O–H groups in total. The standard InChI is InChI=1S/C47H27NOS/c1-2-12-30-28(11-1)21-23-40-46(30)35-26-45-39(27-41(35)48(40)29-22-24-43-34(25-29)33-15-5-9-19-42(33)49-43)47(38-18-8-10-20-44(38)50-45)36-16-6-3-13-31(36)32-14-4-7-17-37(32)47/h1-27H. The fourth-order valence-electron chi connectivity index (χ4n) is 9.27. The van der Waals surface area contributed by atoms with Crippen LogP contribution < -0.4 is 0 Å². The maximum Gasteiger partial charge on any atom is 0.135 e. The number of furan rings is 1. The Kier molecular flexibility index (Phi) is 5.14. The minimum atomic E-state index is -0.438. The molecule has 2 nitrogen and oxygen atoms in total. The van der Waals surface area contributed by atoms with Gasteiger partial charge < -0.3 is 8.98 Å². The van der Waals surface area contributed by atoms with Crippen LogP contribution in [-0.2, 0) is 5.41 Å². The van der Waals surface area contributed by atoms with Crippen molar-refractivity contribution in [1.82, 2.24) is 4.57 Å². The lowest BCUT2D eigenvalue weighted by Crippen LogP contribution is -2.32. The van der Waals surface area contributed by atoms with Crippen molar-refractivity contribution in [2.24, 2.45) is 0 Å². The normalized spacial score (nSPS) is 14.1. The molecule has 3 heteroatoms. The van der Waals surface area contributed by atoms with Gasteiger partial charge in [0, 0.05) is 37.0 Å². The van der Waals surface area contributed by atoms with Crippen LogP contribution in [0.15, 0.2) is 178 Å². The highest BCUT2D eigenvalue weighted by atomic mass is 32.2. The quantitative estimate of drug-likeness (QED) is 0.175. The van der Waals surface area contributed by atoms with Crippen LogP contribution in [0.2, 0.25) is 0 Å². The Hall–Kier alpha value is -6.03. The average molecular weight is 654 g/mol. The first kappa shape index (κ1) is 26.9. The van der Waals surface area contributed by atoms with E-state index < -0.39 is 5.41 Å². The second-order valence-corrected chi connectivity index (χ2v) is 14.7. The maximum atomic E-state index is 6.28. The highest BCUT2D eigenvalue weighted by Crippen LogP contribution is 2.62. The van der Waals surface area contributed by atoms with Crippen LogP contribution in [0.3, 0.4) is 0 Å². The van der Waals surface area contributed by atoms with Crippen molar-refractivity contribution in [3.05, 3.63) is 186 Å². The van der Waals surface area contributed by atoms with E-state index in [1.54, 1.807) is 0 Å². The van der Waals surface area contributed by atoms with Crippen LogP contribution in [-0.4, -0.2) is 4.57 Å². The third-order valence-corrected chi connectivity index (χ3v) is 12.4. The first-order valence-corrected chi connectivity index (χ1v) is 18.0. The summed E-state index contributed by atoms with van der Waals surface area (Å²) >= 11 is 1.91. The van der Waals surface area contributed by atoms with E-state index in [4.69, 9.17) is 4.42 Å². The second-order valence-electron chi connectivity index (χ2n) is 13.6. The van der Waals surface area contributed by atoms with Gasteiger partial charge in [-0.1, -0.05) is 127 Å². The molecule has 0 atom stereocenters. The largest absolute Gasteiger partial charge is 0.456 e. The van der Waals surface area contributed by atoms with Gasteiger partial charge in [-0.15, -0.1) is 0 Å². The van der Waals surface area contributed by atoms with Crippen molar-refractivity contribution in [1.29, 1.82) is 0 Å². The van der Waals surface area contributed by atoms with Gasteiger partial charge in [-0.25, -0.2) is 0 Å². The summed E-state index contributed by atoms with van der Waals surface area (Å²) in [5, 5.41) is 7.36. The predicted octanol–water partition coefficient (Wildman–Crippen LogP) is 12.7. The topological polar surface area (TPSA) is 18.1 Å². The van der Waals surface area contributed by atoms with Gasteiger partial charge in [0.15, 0.2) is 0 Å². The van der Waals surface area contributed by atoms with E-state index in [0.717, 1.165) is 27.6 Å². The van der Waals surface area contributed by atoms with Crippen molar-refractivity contribution in [3.63, 3.8) is 0 Å². The molecule has 1 spiro atoms.